The van der Waals surface area contributed by atoms with Crippen LogP contribution in [-0.2, 0) is 0 Å². The molecule has 4 heteroatoms. The zero-order chi connectivity index (χ0) is 3.58. The van der Waals surface area contributed by atoms with Crippen molar-refractivity contribution in [2.45, 2.75) is 4.30 Å². The molecule has 0 aromatic rings. The van der Waals surface area contributed by atoms with Gasteiger partial charge in [0.2, 0.25) is 0 Å². The molecule has 0 rings (SSSR count). The van der Waals surface area contributed by atoms with Crippen molar-refractivity contribution in [2.75, 3.05) is 0 Å². The molecule has 0 fully saturated rings. The first-order valence-corrected chi connectivity index (χ1v) is 1.96. The molecule has 0 saturated carbocycles. The van der Waals surface area contributed by atoms with Crippen molar-refractivity contribution in [3.63, 3.8) is 0 Å². The van der Waals surface area contributed by atoms with Gasteiger partial charge in [0, 0.05) is 37.7 Å². The molecule has 0 radical (unpaired) electrons. The van der Waals surface area contributed by atoms with Gasteiger partial charge in [-0.3, -0.25) is 0 Å². The van der Waals surface area contributed by atoms with Crippen LogP contribution in [0.25, 0.3) is 0 Å². The fourth-order valence-electron chi connectivity index (χ4n) is 0. The Labute approximate surface area is 75.8 Å². The van der Waals surface area contributed by atoms with Gasteiger partial charge in [0.15, 0.2) is 4.30 Å². The second-order valence-electron chi connectivity index (χ2n) is 0.247. The van der Waals surface area contributed by atoms with Crippen LogP contribution in [0.15, 0.2) is 0 Å². The van der Waals surface area contributed by atoms with E-state index in [-0.39, 0.29) is 37.7 Å². The van der Waals surface area contributed by atoms with E-state index >= 15 is 0 Å². The van der Waals surface area contributed by atoms with Crippen LogP contribution in [0.5, 0.6) is 0 Å². The van der Waals surface area contributed by atoms with E-state index in [4.69, 9.17) is 34.8 Å². The molecular formula is CHArCl3. The van der Waals surface area contributed by atoms with E-state index in [1.54, 1.807) is 0 Å². The monoisotopic (exact) mass is 158 g/mol. The van der Waals surface area contributed by atoms with Crippen LogP contribution in [0, 0.1) is 37.7 Å². The second-order valence-corrected chi connectivity index (χ2v) is 2.23. The maximum atomic E-state index is 4.81. The van der Waals surface area contributed by atoms with Crippen molar-refractivity contribution < 1.29 is 37.7 Å². The Morgan fingerprint density at radius 2 is 1.00 bits per heavy atom. The summed E-state index contributed by atoms with van der Waals surface area (Å²) in [7, 11) is 0. The third-order valence-electron chi connectivity index (χ3n) is 0. The summed E-state index contributed by atoms with van der Waals surface area (Å²) < 4.78 is -0.750. The predicted molar refractivity (Wildman–Crippen MR) is 21.3 cm³/mol. The quantitative estimate of drug-likeness (QED) is 0.474. The number of halogens is 3. The summed E-state index contributed by atoms with van der Waals surface area (Å²) in [5, 5.41) is 0. The molecule has 0 saturated heterocycles. The first-order valence-electron chi connectivity index (χ1n) is 0.655. The van der Waals surface area contributed by atoms with E-state index in [0.29, 0.717) is 0 Å². The minimum Gasteiger partial charge on any atom is -0.0874 e. The Morgan fingerprint density at radius 3 is 1.00 bits per heavy atom. The van der Waals surface area contributed by atoms with Crippen molar-refractivity contribution in [3.05, 3.63) is 0 Å². The van der Waals surface area contributed by atoms with Crippen LogP contribution in [0.3, 0.4) is 0 Å². The van der Waals surface area contributed by atoms with Gasteiger partial charge in [-0.05, 0) is 0 Å². The van der Waals surface area contributed by atoms with Crippen LogP contribution < -0.4 is 0 Å². The largest absolute Gasteiger partial charge is 0.180 e. The van der Waals surface area contributed by atoms with Crippen molar-refractivity contribution >= 4 is 34.8 Å². The van der Waals surface area contributed by atoms with Crippen LogP contribution in [-0.4, -0.2) is 4.30 Å². The van der Waals surface area contributed by atoms with E-state index in [0.717, 1.165) is 0 Å². The van der Waals surface area contributed by atoms with Gasteiger partial charge in [0.05, 0.1) is 0 Å². The fourth-order valence-corrected chi connectivity index (χ4v) is 0. The molecule has 0 unspecified atom stereocenters. The Morgan fingerprint density at radius 1 is 1.00 bits per heavy atom. The Hall–Kier alpha value is 2.13. The van der Waals surface area contributed by atoms with Gasteiger partial charge in [-0.1, -0.05) is 34.8 Å². The summed E-state index contributed by atoms with van der Waals surface area (Å²) in [5.41, 5.74) is 0. The molecule has 34 valence electrons. The van der Waals surface area contributed by atoms with E-state index in [1.165, 1.54) is 0 Å². The summed E-state index contributed by atoms with van der Waals surface area (Å²) in [6, 6.07) is 0. The van der Waals surface area contributed by atoms with E-state index in [2.05, 4.69) is 0 Å². The van der Waals surface area contributed by atoms with Crippen molar-refractivity contribution in [1.82, 2.24) is 0 Å². The number of alkyl halides is 3. The maximum Gasteiger partial charge on any atom is 0.180 e. The molecule has 0 N–H and O–H groups in total. The molecule has 0 aliphatic carbocycles. The van der Waals surface area contributed by atoms with Crippen LogP contribution in [0.4, 0.5) is 0 Å². The summed E-state index contributed by atoms with van der Waals surface area (Å²) in [4.78, 5) is 0. The first-order chi connectivity index (χ1) is 1.73. The van der Waals surface area contributed by atoms with E-state index in [9.17, 15) is 0 Å². The minimum absolute atomic E-state index is 0. The standard InChI is InChI=1S/CHCl3.Ar/c2-1(3)4;/h1H;. The molecule has 0 aliphatic rings. The maximum absolute atomic E-state index is 4.81. The van der Waals surface area contributed by atoms with Gasteiger partial charge in [0.25, 0.3) is 0 Å². The average molecular weight is 159 g/mol. The SMILES string of the molecule is ClC(Cl)Cl.[Ar]. The Bertz CT molecular complexity index is 11.6. The van der Waals surface area contributed by atoms with Gasteiger partial charge in [0.1, 0.15) is 0 Å². The van der Waals surface area contributed by atoms with Gasteiger partial charge in [-0.15, -0.1) is 0 Å². The smallest absolute Gasteiger partial charge is 0.0874 e. The second kappa shape index (κ2) is 6.13. The summed E-state index contributed by atoms with van der Waals surface area (Å²) in [6.45, 7) is 0. The first kappa shape index (κ1) is 10.2. The van der Waals surface area contributed by atoms with Gasteiger partial charge < -0.3 is 0 Å². The third kappa shape index (κ3) is 23.0. The molecular weight excluding hydrogens is 158 g/mol. The molecule has 0 atom stereocenters. The normalized spacial score (nSPS) is 7.20. The molecule has 0 aliphatic heterocycles. The Balaban J connectivity index is 0. The van der Waals surface area contributed by atoms with Crippen molar-refractivity contribution in [3.8, 4) is 0 Å². The topological polar surface area (TPSA) is 0 Å². The van der Waals surface area contributed by atoms with E-state index in [1.807, 2.05) is 0 Å². The molecule has 5 heavy (non-hydrogen) atoms. The van der Waals surface area contributed by atoms with Gasteiger partial charge in [-0.2, -0.15) is 0 Å². The number of rotatable bonds is 0. The summed E-state index contributed by atoms with van der Waals surface area (Å²) >= 11 is 14.4. The predicted octanol–water partition coefficient (Wildman–Crippen LogP) is 1.99. The Kier molecular flexibility index (Phi) is 12.5. The number of hydrogen-bond acceptors (Lipinski definition) is 0. The fraction of sp³-hybridized carbons (Fsp3) is 1.00. The zero-order valence-electron chi connectivity index (χ0n) is 2.06. The molecule has 0 aromatic heterocycles. The number of hydrogen-bond donors (Lipinski definition) is 0. The summed E-state index contributed by atoms with van der Waals surface area (Å²) in [6.07, 6.45) is 0. The van der Waals surface area contributed by atoms with Gasteiger partial charge in [-0.25, -0.2) is 0 Å². The molecule has 0 amide bonds. The van der Waals surface area contributed by atoms with E-state index < -0.39 is 4.30 Å². The van der Waals surface area contributed by atoms with Crippen LogP contribution >= 0.6 is 34.8 Å². The average Bonchev–Trinajstić information content (AvgIpc) is 0.811. The van der Waals surface area contributed by atoms with Crippen molar-refractivity contribution in [2.24, 2.45) is 0 Å². The van der Waals surface area contributed by atoms with Gasteiger partial charge >= 0.3 is 0 Å². The molecule has 0 nitrogen and oxygen atoms in total. The van der Waals surface area contributed by atoms with Crippen molar-refractivity contribution in [1.29, 1.82) is 0 Å². The molecule has 0 aromatic carbocycles. The zero-order valence-corrected chi connectivity index (χ0v) is 5.04. The van der Waals surface area contributed by atoms with Crippen LogP contribution in [0.1, 0.15) is 0 Å². The third-order valence-corrected chi connectivity index (χ3v) is 0. The molecule has 0 heterocycles. The van der Waals surface area contributed by atoms with Crippen LogP contribution in [0.2, 0.25) is 0 Å². The minimum atomic E-state index is -0.750. The molecule has 0 bridgehead atoms. The molecule has 0 spiro atoms. The summed E-state index contributed by atoms with van der Waals surface area (Å²) in [5.74, 6) is 0.